The molecule has 0 spiro atoms. The lowest BCUT2D eigenvalue weighted by Crippen LogP contribution is -2.37. The van der Waals surface area contributed by atoms with Crippen LogP contribution in [0.5, 0.6) is 0 Å². The van der Waals surface area contributed by atoms with E-state index in [9.17, 15) is 5.11 Å². The number of hydrogen-bond donors (Lipinski definition) is 2. The number of nitrogens with zero attached hydrogens (tertiary/aromatic N) is 2. The smallest absolute Gasteiger partial charge is 0.0860 e. The predicted octanol–water partition coefficient (Wildman–Crippen LogP) is 1.63. The van der Waals surface area contributed by atoms with E-state index in [1.165, 1.54) is 0 Å². The first kappa shape index (κ1) is 13.5. The Hall–Kier alpha value is -0.580. The summed E-state index contributed by atoms with van der Waals surface area (Å²) in [6.07, 6.45) is 0.720. The minimum atomic E-state index is -0.667. The molecule has 0 aliphatic carbocycles. The lowest BCUT2D eigenvalue weighted by molar-refractivity contribution is 0.0554. The fraction of sp³-hybridized carbons (Fsp3) is 0.727. The second-order valence-electron chi connectivity index (χ2n) is 4.42. The number of hydrogen-bond acceptors (Lipinski definition) is 3. The first-order chi connectivity index (χ1) is 7.37. The minimum absolute atomic E-state index is 0.546. The number of aryl methyl sites for hydroxylation is 2. The van der Waals surface area contributed by atoms with Crippen molar-refractivity contribution in [2.24, 2.45) is 7.05 Å². The van der Waals surface area contributed by atoms with Crippen molar-refractivity contribution >= 4 is 11.6 Å². The molecule has 1 aromatic rings. The fourth-order valence-corrected chi connectivity index (χ4v) is 1.67. The Bertz CT molecular complexity index is 360. The summed E-state index contributed by atoms with van der Waals surface area (Å²) < 4.78 is 1.77. The molecular weight excluding hydrogens is 226 g/mol. The molecule has 1 rings (SSSR count). The number of rotatable bonds is 5. The second kappa shape index (κ2) is 5.17. The van der Waals surface area contributed by atoms with Crippen molar-refractivity contribution in [2.75, 3.05) is 6.54 Å². The summed E-state index contributed by atoms with van der Waals surface area (Å²) in [7, 11) is 1.87. The van der Waals surface area contributed by atoms with E-state index in [-0.39, 0.29) is 0 Å². The van der Waals surface area contributed by atoms with Crippen LogP contribution in [0.4, 0.5) is 0 Å². The first-order valence-corrected chi connectivity index (χ1v) is 5.86. The highest BCUT2D eigenvalue weighted by molar-refractivity contribution is 6.31. The summed E-state index contributed by atoms with van der Waals surface area (Å²) in [6.45, 7) is 6.82. The Morgan fingerprint density at radius 1 is 1.56 bits per heavy atom. The van der Waals surface area contributed by atoms with Gasteiger partial charge in [-0.2, -0.15) is 5.10 Å². The minimum Gasteiger partial charge on any atom is -0.389 e. The summed E-state index contributed by atoms with van der Waals surface area (Å²) in [5.41, 5.74) is 1.12. The van der Waals surface area contributed by atoms with Crippen LogP contribution in [0.3, 0.4) is 0 Å². The number of aromatic nitrogens is 2. The van der Waals surface area contributed by atoms with Gasteiger partial charge < -0.3 is 10.4 Å². The van der Waals surface area contributed by atoms with Crippen molar-refractivity contribution in [1.82, 2.24) is 15.1 Å². The average Bonchev–Trinajstić information content (AvgIpc) is 2.44. The van der Waals surface area contributed by atoms with Crippen LogP contribution in [0.1, 0.15) is 31.7 Å². The van der Waals surface area contributed by atoms with Gasteiger partial charge in [-0.3, -0.25) is 4.68 Å². The van der Waals surface area contributed by atoms with E-state index in [0.717, 1.165) is 17.8 Å². The third-order valence-corrected chi connectivity index (χ3v) is 3.31. The largest absolute Gasteiger partial charge is 0.389 e. The molecule has 0 bridgehead atoms. The van der Waals surface area contributed by atoms with Gasteiger partial charge in [0.1, 0.15) is 0 Å². The van der Waals surface area contributed by atoms with E-state index < -0.39 is 5.60 Å². The third-order valence-electron chi connectivity index (χ3n) is 2.82. The topological polar surface area (TPSA) is 50.1 Å². The van der Waals surface area contributed by atoms with E-state index in [0.29, 0.717) is 18.1 Å². The van der Waals surface area contributed by atoms with Gasteiger partial charge in [-0.25, -0.2) is 0 Å². The molecule has 1 atom stereocenters. The maximum absolute atomic E-state index is 9.83. The predicted molar refractivity (Wildman–Crippen MR) is 65.6 cm³/mol. The highest BCUT2D eigenvalue weighted by Gasteiger charge is 2.17. The van der Waals surface area contributed by atoms with Crippen molar-refractivity contribution in [1.29, 1.82) is 0 Å². The van der Waals surface area contributed by atoms with Crippen LogP contribution in [-0.4, -0.2) is 27.0 Å². The lowest BCUT2D eigenvalue weighted by Gasteiger charge is -2.21. The van der Waals surface area contributed by atoms with E-state index in [1.54, 1.807) is 4.68 Å². The van der Waals surface area contributed by atoms with Gasteiger partial charge in [0.25, 0.3) is 0 Å². The van der Waals surface area contributed by atoms with Gasteiger partial charge in [-0.1, -0.05) is 18.5 Å². The highest BCUT2D eigenvalue weighted by Crippen LogP contribution is 2.19. The lowest BCUT2D eigenvalue weighted by atomic mass is 10.0. The van der Waals surface area contributed by atoms with Gasteiger partial charge in [0.2, 0.25) is 0 Å². The Kier molecular flexibility index (Phi) is 4.35. The Labute approximate surface area is 102 Å². The average molecular weight is 246 g/mol. The maximum atomic E-state index is 9.83. The number of halogens is 1. The van der Waals surface area contributed by atoms with Crippen molar-refractivity contribution in [3.8, 4) is 0 Å². The molecule has 1 heterocycles. The highest BCUT2D eigenvalue weighted by atomic mass is 35.5. The SMILES string of the molecule is CCC(C)(O)CNCc1c(Cl)c(C)nn1C. The summed E-state index contributed by atoms with van der Waals surface area (Å²) in [5.74, 6) is 0. The molecule has 0 fully saturated rings. The van der Waals surface area contributed by atoms with Crippen molar-refractivity contribution in [3.05, 3.63) is 16.4 Å². The van der Waals surface area contributed by atoms with Gasteiger partial charge in [-0.05, 0) is 20.3 Å². The molecule has 1 aromatic heterocycles. The molecule has 1 unspecified atom stereocenters. The molecule has 0 aliphatic rings. The molecule has 16 heavy (non-hydrogen) atoms. The van der Waals surface area contributed by atoms with Crippen LogP contribution in [0.2, 0.25) is 5.02 Å². The van der Waals surface area contributed by atoms with E-state index in [2.05, 4.69) is 10.4 Å². The van der Waals surface area contributed by atoms with E-state index in [4.69, 9.17) is 11.6 Å². The van der Waals surface area contributed by atoms with Gasteiger partial charge >= 0.3 is 0 Å². The molecule has 0 saturated carbocycles. The summed E-state index contributed by atoms with van der Waals surface area (Å²) in [6, 6.07) is 0. The molecule has 0 saturated heterocycles. The second-order valence-corrected chi connectivity index (χ2v) is 4.80. The summed E-state index contributed by atoms with van der Waals surface area (Å²) in [5, 5.41) is 17.9. The Morgan fingerprint density at radius 2 is 2.19 bits per heavy atom. The summed E-state index contributed by atoms with van der Waals surface area (Å²) in [4.78, 5) is 0. The quantitative estimate of drug-likeness (QED) is 0.829. The van der Waals surface area contributed by atoms with Gasteiger partial charge in [0.05, 0.1) is 22.0 Å². The Morgan fingerprint density at radius 3 is 2.62 bits per heavy atom. The van der Waals surface area contributed by atoms with Crippen LogP contribution in [-0.2, 0) is 13.6 Å². The van der Waals surface area contributed by atoms with Crippen LogP contribution in [0.25, 0.3) is 0 Å². The first-order valence-electron chi connectivity index (χ1n) is 5.48. The number of aliphatic hydroxyl groups is 1. The van der Waals surface area contributed by atoms with Gasteiger partial charge in [0.15, 0.2) is 0 Å². The fourth-order valence-electron chi connectivity index (χ4n) is 1.45. The van der Waals surface area contributed by atoms with Crippen LogP contribution in [0, 0.1) is 6.92 Å². The standard InChI is InChI=1S/C11H20ClN3O/c1-5-11(3,16)7-13-6-9-10(12)8(2)14-15(9)4/h13,16H,5-7H2,1-4H3. The van der Waals surface area contributed by atoms with Crippen LogP contribution < -0.4 is 5.32 Å². The third kappa shape index (κ3) is 3.20. The zero-order valence-electron chi connectivity index (χ0n) is 10.3. The maximum Gasteiger partial charge on any atom is 0.0860 e. The summed E-state index contributed by atoms with van der Waals surface area (Å²) >= 11 is 6.11. The van der Waals surface area contributed by atoms with Crippen LogP contribution >= 0.6 is 11.6 Å². The van der Waals surface area contributed by atoms with Gasteiger partial charge in [-0.15, -0.1) is 0 Å². The molecule has 4 nitrogen and oxygen atoms in total. The zero-order valence-corrected chi connectivity index (χ0v) is 11.1. The van der Waals surface area contributed by atoms with E-state index in [1.807, 2.05) is 27.8 Å². The molecule has 2 N–H and O–H groups in total. The van der Waals surface area contributed by atoms with Crippen molar-refractivity contribution in [2.45, 2.75) is 39.3 Å². The molecule has 0 aliphatic heterocycles. The molecule has 0 amide bonds. The van der Waals surface area contributed by atoms with E-state index >= 15 is 0 Å². The van der Waals surface area contributed by atoms with Crippen LogP contribution in [0.15, 0.2) is 0 Å². The van der Waals surface area contributed by atoms with Crippen molar-refractivity contribution in [3.63, 3.8) is 0 Å². The Balaban J connectivity index is 2.55. The number of nitrogens with one attached hydrogen (secondary N) is 1. The molecular formula is C11H20ClN3O. The molecule has 0 radical (unpaired) electrons. The molecule has 0 aromatic carbocycles. The van der Waals surface area contributed by atoms with Gasteiger partial charge in [0, 0.05) is 20.1 Å². The van der Waals surface area contributed by atoms with Crippen molar-refractivity contribution < 1.29 is 5.11 Å². The monoisotopic (exact) mass is 245 g/mol. The normalized spacial score (nSPS) is 15.1. The molecule has 5 heteroatoms. The molecule has 92 valence electrons. The zero-order chi connectivity index (χ0) is 12.3.